The van der Waals surface area contributed by atoms with Crippen molar-refractivity contribution in [3.63, 3.8) is 0 Å². The second kappa shape index (κ2) is 4.63. The van der Waals surface area contributed by atoms with Crippen LogP contribution in [0.25, 0.3) is 5.57 Å². The number of carbonyl (C=O) groups excluding carboxylic acids is 1. The summed E-state index contributed by atoms with van der Waals surface area (Å²) in [5.41, 5.74) is 5.42. The molecule has 1 aromatic heterocycles. The van der Waals surface area contributed by atoms with E-state index < -0.39 is 0 Å². The quantitative estimate of drug-likeness (QED) is 0.870. The van der Waals surface area contributed by atoms with Gasteiger partial charge in [-0.15, -0.1) is 0 Å². The van der Waals surface area contributed by atoms with Crippen LogP contribution in [0.3, 0.4) is 0 Å². The number of aryl methyl sites for hydroxylation is 1. The van der Waals surface area contributed by atoms with E-state index in [4.69, 9.17) is 4.42 Å². The minimum Gasteiger partial charge on any atom is -0.468 e. The molecule has 0 radical (unpaired) electrons. The maximum Gasteiger partial charge on any atom is 0.224 e. The Balaban J connectivity index is 1.99. The van der Waals surface area contributed by atoms with Gasteiger partial charge in [-0.05, 0) is 37.7 Å². The van der Waals surface area contributed by atoms with Crippen molar-refractivity contribution in [3.05, 3.63) is 28.7 Å². The number of carbonyl (C=O) groups is 1. The molecule has 0 atom stereocenters. The van der Waals surface area contributed by atoms with E-state index >= 15 is 0 Å². The van der Waals surface area contributed by atoms with Crippen LogP contribution in [0.4, 0.5) is 0 Å². The molecule has 3 rings (SSSR count). The molecule has 0 aromatic carbocycles. The molecule has 18 heavy (non-hydrogen) atoms. The van der Waals surface area contributed by atoms with Crippen LogP contribution in [0.2, 0.25) is 0 Å². The molecule has 0 saturated heterocycles. The highest BCUT2D eigenvalue weighted by Gasteiger charge is 2.27. The number of allylic oxidation sites excluding steroid dienone is 2. The molecule has 0 bridgehead atoms. The summed E-state index contributed by atoms with van der Waals surface area (Å²) in [6, 6.07) is 0. The third-order valence-corrected chi connectivity index (χ3v) is 4.11. The zero-order valence-electron chi connectivity index (χ0n) is 10.8. The van der Waals surface area contributed by atoms with Crippen LogP contribution in [0.5, 0.6) is 0 Å². The summed E-state index contributed by atoms with van der Waals surface area (Å²) in [5, 5.41) is 2.69. The number of hydrogen-bond acceptors (Lipinski definition) is 2. The number of rotatable bonds is 2. The van der Waals surface area contributed by atoms with Crippen LogP contribution < -0.4 is 5.32 Å². The van der Waals surface area contributed by atoms with Gasteiger partial charge in [0.05, 0.1) is 12.7 Å². The van der Waals surface area contributed by atoms with Crippen molar-refractivity contribution in [2.45, 2.75) is 44.9 Å². The van der Waals surface area contributed by atoms with Crippen LogP contribution >= 0.6 is 0 Å². The van der Waals surface area contributed by atoms with Gasteiger partial charge in [0.15, 0.2) is 0 Å². The molecule has 96 valence electrons. The van der Waals surface area contributed by atoms with Crippen molar-refractivity contribution in [1.82, 2.24) is 5.32 Å². The van der Waals surface area contributed by atoms with Crippen LogP contribution in [0.15, 0.2) is 16.3 Å². The van der Waals surface area contributed by atoms with Gasteiger partial charge in [-0.2, -0.15) is 0 Å². The Bertz CT molecular complexity index is 511. The highest BCUT2D eigenvalue weighted by Crippen LogP contribution is 2.42. The molecule has 1 heterocycles. The van der Waals surface area contributed by atoms with Crippen molar-refractivity contribution in [2.75, 3.05) is 7.05 Å². The van der Waals surface area contributed by atoms with Gasteiger partial charge < -0.3 is 9.73 Å². The first-order valence-electron chi connectivity index (χ1n) is 6.80. The minimum atomic E-state index is 0.0575. The van der Waals surface area contributed by atoms with E-state index in [1.165, 1.54) is 30.4 Å². The molecule has 0 spiro atoms. The largest absolute Gasteiger partial charge is 0.468 e. The Morgan fingerprint density at radius 1 is 1.28 bits per heavy atom. The molecule has 1 amide bonds. The number of furan rings is 1. The molecule has 3 heteroatoms. The molecule has 0 saturated carbocycles. The average molecular weight is 245 g/mol. The third-order valence-electron chi connectivity index (χ3n) is 4.11. The lowest BCUT2D eigenvalue weighted by Gasteiger charge is -2.25. The lowest BCUT2D eigenvalue weighted by atomic mass is 9.79. The molecule has 1 N–H and O–H groups in total. The van der Waals surface area contributed by atoms with Gasteiger partial charge in [0, 0.05) is 24.6 Å². The van der Waals surface area contributed by atoms with Crippen molar-refractivity contribution in [3.8, 4) is 0 Å². The second-order valence-electron chi connectivity index (χ2n) is 5.20. The number of likely N-dealkylation sites (N-methyl/N-ethyl adjacent to an activating group) is 1. The predicted octanol–water partition coefficient (Wildman–Crippen LogP) is 2.84. The fraction of sp³-hybridized carbons (Fsp3) is 0.533. The normalized spacial score (nSPS) is 18.3. The fourth-order valence-corrected chi connectivity index (χ4v) is 3.19. The molecule has 0 aliphatic heterocycles. The number of amides is 1. The Morgan fingerprint density at radius 2 is 2.11 bits per heavy atom. The smallest absolute Gasteiger partial charge is 0.224 e. The van der Waals surface area contributed by atoms with Crippen molar-refractivity contribution >= 4 is 11.5 Å². The van der Waals surface area contributed by atoms with E-state index in [0.29, 0.717) is 6.42 Å². The first-order chi connectivity index (χ1) is 8.79. The Labute approximate surface area is 107 Å². The lowest BCUT2D eigenvalue weighted by Crippen LogP contribution is -2.20. The van der Waals surface area contributed by atoms with E-state index in [0.717, 1.165) is 30.6 Å². The topological polar surface area (TPSA) is 42.2 Å². The van der Waals surface area contributed by atoms with Crippen molar-refractivity contribution < 1.29 is 9.21 Å². The maximum absolute atomic E-state index is 11.6. The second-order valence-corrected chi connectivity index (χ2v) is 5.20. The van der Waals surface area contributed by atoms with Crippen LogP contribution in [0.1, 0.15) is 49.0 Å². The third kappa shape index (κ3) is 1.88. The monoisotopic (exact) mass is 245 g/mol. The maximum atomic E-state index is 11.6. The zero-order chi connectivity index (χ0) is 12.5. The van der Waals surface area contributed by atoms with Gasteiger partial charge in [-0.3, -0.25) is 4.79 Å². The number of fused-ring (bicyclic) bond motifs is 2. The molecule has 3 nitrogen and oxygen atoms in total. The van der Waals surface area contributed by atoms with Crippen LogP contribution in [-0.2, 0) is 17.6 Å². The zero-order valence-corrected chi connectivity index (χ0v) is 10.8. The molecular weight excluding hydrogens is 226 g/mol. The summed E-state index contributed by atoms with van der Waals surface area (Å²) in [7, 11) is 1.68. The van der Waals surface area contributed by atoms with Crippen LogP contribution in [-0.4, -0.2) is 13.0 Å². The van der Waals surface area contributed by atoms with E-state index in [2.05, 4.69) is 5.32 Å². The summed E-state index contributed by atoms with van der Waals surface area (Å²) in [4.78, 5) is 11.6. The van der Waals surface area contributed by atoms with Gasteiger partial charge in [0.25, 0.3) is 0 Å². The molecule has 2 aliphatic carbocycles. The average Bonchev–Trinajstić information content (AvgIpc) is 2.82. The van der Waals surface area contributed by atoms with Gasteiger partial charge in [0.1, 0.15) is 5.76 Å². The van der Waals surface area contributed by atoms with E-state index in [1.807, 2.05) is 0 Å². The standard InChI is InChI=1S/C15H19NO2/c1-16-14(17)8-11-9-18-13-7-6-10-4-2-3-5-12(10)15(11)13/h9H,2-8H2,1H3,(H,16,17). The summed E-state index contributed by atoms with van der Waals surface area (Å²) in [6.45, 7) is 0. The van der Waals surface area contributed by atoms with Gasteiger partial charge in [-0.25, -0.2) is 0 Å². The molecule has 0 unspecified atom stereocenters. The van der Waals surface area contributed by atoms with Gasteiger partial charge >= 0.3 is 0 Å². The minimum absolute atomic E-state index is 0.0575. The summed E-state index contributed by atoms with van der Waals surface area (Å²) < 4.78 is 5.67. The predicted molar refractivity (Wildman–Crippen MR) is 70.2 cm³/mol. The number of nitrogens with one attached hydrogen (secondary N) is 1. The van der Waals surface area contributed by atoms with Crippen molar-refractivity contribution in [1.29, 1.82) is 0 Å². The molecular formula is C15H19NO2. The first-order valence-corrected chi connectivity index (χ1v) is 6.80. The molecule has 1 aromatic rings. The Morgan fingerprint density at radius 3 is 2.94 bits per heavy atom. The highest BCUT2D eigenvalue weighted by molar-refractivity contribution is 5.82. The molecule has 2 aliphatic rings. The van der Waals surface area contributed by atoms with Gasteiger partial charge in [-0.1, -0.05) is 5.57 Å². The van der Waals surface area contributed by atoms with Crippen LogP contribution in [0, 0.1) is 0 Å². The Hall–Kier alpha value is -1.51. The van der Waals surface area contributed by atoms with E-state index in [9.17, 15) is 4.79 Å². The first kappa shape index (κ1) is 11.6. The fourth-order valence-electron chi connectivity index (χ4n) is 3.19. The van der Waals surface area contributed by atoms with E-state index in [-0.39, 0.29) is 5.91 Å². The molecule has 0 fully saturated rings. The summed E-state index contributed by atoms with van der Waals surface area (Å²) in [5.74, 6) is 1.15. The summed E-state index contributed by atoms with van der Waals surface area (Å²) >= 11 is 0. The lowest BCUT2D eigenvalue weighted by molar-refractivity contribution is -0.119. The highest BCUT2D eigenvalue weighted by atomic mass is 16.3. The summed E-state index contributed by atoms with van der Waals surface area (Å²) in [6.07, 6.45) is 9.34. The van der Waals surface area contributed by atoms with Crippen molar-refractivity contribution in [2.24, 2.45) is 0 Å². The van der Waals surface area contributed by atoms with Gasteiger partial charge in [0.2, 0.25) is 5.91 Å². The Kier molecular flexibility index (Phi) is 2.98. The SMILES string of the molecule is CNC(=O)Cc1coc2c1C1=C(CCCC1)CC2. The van der Waals surface area contributed by atoms with E-state index in [1.54, 1.807) is 18.9 Å². The number of hydrogen-bond donors (Lipinski definition) is 1.